The highest BCUT2D eigenvalue weighted by Crippen LogP contribution is 2.08. The van der Waals surface area contributed by atoms with Crippen molar-refractivity contribution in [3.8, 4) is 0 Å². The van der Waals surface area contributed by atoms with Crippen LogP contribution in [-0.2, 0) is 11.3 Å². The number of aliphatic hydroxyl groups excluding tert-OH is 1. The zero-order valence-corrected chi connectivity index (χ0v) is 9.37. The van der Waals surface area contributed by atoms with Crippen LogP contribution in [0.2, 0.25) is 0 Å². The summed E-state index contributed by atoms with van der Waals surface area (Å²) in [7, 11) is 0. The number of rotatable bonds is 6. The Morgan fingerprint density at radius 2 is 2.40 bits per heavy atom. The Hall–Kier alpha value is -0.850. The fourth-order valence-corrected chi connectivity index (χ4v) is 1.64. The molecule has 0 saturated carbocycles. The molecule has 0 aliphatic rings. The van der Waals surface area contributed by atoms with Gasteiger partial charge in [0.2, 0.25) is 0 Å². The van der Waals surface area contributed by atoms with E-state index in [1.165, 1.54) is 17.8 Å². The van der Waals surface area contributed by atoms with Gasteiger partial charge in [-0.15, -0.1) is 0 Å². The maximum atomic E-state index is 11.0. The molecule has 1 aromatic heterocycles. The van der Waals surface area contributed by atoms with Gasteiger partial charge in [-0.1, -0.05) is 11.8 Å². The van der Waals surface area contributed by atoms with Crippen molar-refractivity contribution < 1.29 is 9.84 Å². The Morgan fingerprint density at radius 1 is 1.60 bits per heavy atom. The summed E-state index contributed by atoms with van der Waals surface area (Å²) in [6.07, 6.45) is 3.57. The molecule has 0 spiro atoms. The van der Waals surface area contributed by atoms with Gasteiger partial charge in [-0.25, -0.2) is 0 Å². The van der Waals surface area contributed by atoms with Gasteiger partial charge in [-0.3, -0.25) is 4.79 Å². The molecule has 0 aliphatic carbocycles. The molecule has 15 heavy (non-hydrogen) atoms. The van der Waals surface area contributed by atoms with Gasteiger partial charge in [-0.2, -0.15) is 4.98 Å². The highest BCUT2D eigenvalue weighted by molar-refractivity contribution is 7.98. The first-order valence-electron chi connectivity index (χ1n) is 4.58. The van der Waals surface area contributed by atoms with Crippen molar-refractivity contribution in [1.82, 2.24) is 9.55 Å². The molecule has 0 bridgehead atoms. The average Bonchev–Trinajstić information content (AvgIpc) is 2.26. The lowest BCUT2D eigenvalue weighted by atomic mass is 10.6. The van der Waals surface area contributed by atoms with Gasteiger partial charge in [0.1, 0.15) is 0 Å². The molecule has 0 aliphatic heterocycles. The van der Waals surface area contributed by atoms with E-state index in [9.17, 15) is 4.79 Å². The van der Waals surface area contributed by atoms with E-state index in [4.69, 9.17) is 9.84 Å². The Kier molecular flexibility index (Phi) is 5.38. The van der Waals surface area contributed by atoms with Gasteiger partial charge in [-0.05, 0) is 6.26 Å². The lowest BCUT2D eigenvalue weighted by molar-refractivity contribution is 0.0856. The topological polar surface area (TPSA) is 64.4 Å². The van der Waals surface area contributed by atoms with Crippen molar-refractivity contribution in [2.45, 2.75) is 11.7 Å². The van der Waals surface area contributed by atoms with Gasteiger partial charge in [0, 0.05) is 18.8 Å². The molecule has 1 aromatic rings. The molecular formula is C9H14N2O3S. The lowest BCUT2D eigenvalue weighted by Crippen LogP contribution is -2.16. The maximum absolute atomic E-state index is 11.0. The molecular weight excluding hydrogens is 216 g/mol. The normalized spacial score (nSPS) is 10.5. The van der Waals surface area contributed by atoms with Crippen LogP contribution < -0.4 is 5.56 Å². The summed E-state index contributed by atoms with van der Waals surface area (Å²) in [5, 5.41) is 9.19. The number of hydrogen-bond acceptors (Lipinski definition) is 5. The Bertz CT molecular complexity index is 353. The lowest BCUT2D eigenvalue weighted by Gasteiger charge is -2.09. The molecule has 84 valence electrons. The molecule has 1 rings (SSSR count). The maximum Gasteiger partial charge on any atom is 0.273 e. The first-order chi connectivity index (χ1) is 7.27. The van der Waals surface area contributed by atoms with Gasteiger partial charge >= 0.3 is 0 Å². The zero-order valence-electron chi connectivity index (χ0n) is 8.55. The van der Waals surface area contributed by atoms with E-state index >= 15 is 0 Å². The van der Waals surface area contributed by atoms with Crippen molar-refractivity contribution in [3.63, 3.8) is 0 Å². The van der Waals surface area contributed by atoms with Crippen molar-refractivity contribution in [1.29, 1.82) is 0 Å². The second-order valence-corrected chi connectivity index (χ2v) is 3.56. The molecule has 0 aromatic carbocycles. The monoisotopic (exact) mass is 230 g/mol. The van der Waals surface area contributed by atoms with Gasteiger partial charge in [0.05, 0.1) is 19.8 Å². The van der Waals surface area contributed by atoms with Crippen molar-refractivity contribution in [3.05, 3.63) is 22.6 Å². The SMILES string of the molecule is CSc1nc(=O)ccn1CCOCCO. The smallest absolute Gasteiger partial charge is 0.273 e. The number of aliphatic hydroxyl groups is 1. The predicted molar refractivity (Wildman–Crippen MR) is 58.2 cm³/mol. The Balaban J connectivity index is 2.56. The molecule has 0 unspecified atom stereocenters. The third kappa shape index (κ3) is 4.03. The molecule has 1 heterocycles. The second kappa shape index (κ2) is 6.60. The zero-order chi connectivity index (χ0) is 11.1. The minimum absolute atomic E-state index is 0.0256. The molecule has 0 radical (unpaired) electrons. The fraction of sp³-hybridized carbons (Fsp3) is 0.556. The van der Waals surface area contributed by atoms with Crippen molar-refractivity contribution in [2.24, 2.45) is 0 Å². The van der Waals surface area contributed by atoms with E-state index < -0.39 is 0 Å². The fourth-order valence-electron chi connectivity index (χ4n) is 1.08. The van der Waals surface area contributed by atoms with Crippen molar-refractivity contribution in [2.75, 3.05) is 26.1 Å². The standard InChI is InChI=1S/C9H14N2O3S/c1-15-9-10-8(13)2-3-11(9)4-6-14-7-5-12/h2-3,12H,4-7H2,1H3. The molecule has 0 amide bonds. The Morgan fingerprint density at radius 3 is 3.07 bits per heavy atom. The highest BCUT2D eigenvalue weighted by atomic mass is 32.2. The summed E-state index contributed by atoms with van der Waals surface area (Å²) < 4.78 is 6.98. The van der Waals surface area contributed by atoms with Crippen LogP contribution in [0.5, 0.6) is 0 Å². The average molecular weight is 230 g/mol. The van der Waals surface area contributed by atoms with Crippen LogP contribution in [0.3, 0.4) is 0 Å². The van der Waals surface area contributed by atoms with Crippen LogP contribution >= 0.6 is 11.8 Å². The summed E-state index contributed by atoms with van der Waals surface area (Å²) in [6.45, 7) is 1.49. The van der Waals surface area contributed by atoms with E-state index in [1.54, 1.807) is 6.20 Å². The number of hydrogen-bond donors (Lipinski definition) is 1. The van der Waals surface area contributed by atoms with Crippen LogP contribution in [0.15, 0.2) is 22.2 Å². The predicted octanol–water partition coefficient (Wildman–Crippen LogP) is -0.0259. The Labute approximate surface area is 92.1 Å². The van der Waals surface area contributed by atoms with Crippen LogP contribution in [0.1, 0.15) is 0 Å². The van der Waals surface area contributed by atoms with Gasteiger partial charge < -0.3 is 14.4 Å². The van der Waals surface area contributed by atoms with E-state index in [0.717, 1.165) is 0 Å². The quantitative estimate of drug-likeness (QED) is 0.422. The number of thioether (sulfide) groups is 1. The molecule has 0 fully saturated rings. The summed E-state index contributed by atoms with van der Waals surface area (Å²) in [5.41, 5.74) is -0.230. The van der Waals surface area contributed by atoms with E-state index in [0.29, 0.717) is 24.9 Å². The molecule has 0 saturated heterocycles. The van der Waals surface area contributed by atoms with E-state index in [-0.39, 0.29) is 12.2 Å². The highest BCUT2D eigenvalue weighted by Gasteiger charge is 2.00. The van der Waals surface area contributed by atoms with E-state index in [2.05, 4.69) is 4.98 Å². The summed E-state index contributed by atoms with van der Waals surface area (Å²) in [5.74, 6) is 0. The number of nitrogens with zero attached hydrogens (tertiary/aromatic N) is 2. The van der Waals surface area contributed by atoms with E-state index in [1.807, 2.05) is 10.8 Å². The van der Waals surface area contributed by atoms with Crippen molar-refractivity contribution >= 4 is 11.8 Å². The second-order valence-electron chi connectivity index (χ2n) is 2.78. The van der Waals surface area contributed by atoms with Crippen LogP contribution in [-0.4, -0.2) is 40.7 Å². The molecule has 5 nitrogen and oxygen atoms in total. The number of aromatic nitrogens is 2. The van der Waals surface area contributed by atoms with Crippen LogP contribution in [0.4, 0.5) is 0 Å². The largest absolute Gasteiger partial charge is 0.394 e. The minimum Gasteiger partial charge on any atom is -0.394 e. The van der Waals surface area contributed by atoms with Gasteiger partial charge in [0.15, 0.2) is 5.16 Å². The third-order valence-electron chi connectivity index (χ3n) is 1.74. The molecule has 6 heteroatoms. The van der Waals surface area contributed by atoms with Gasteiger partial charge in [0.25, 0.3) is 5.56 Å². The first kappa shape index (κ1) is 12.2. The van der Waals surface area contributed by atoms with Crippen LogP contribution in [0.25, 0.3) is 0 Å². The molecule has 0 atom stereocenters. The van der Waals surface area contributed by atoms with Crippen LogP contribution in [0, 0.1) is 0 Å². The summed E-state index contributed by atoms with van der Waals surface area (Å²) in [6, 6.07) is 1.42. The number of ether oxygens (including phenoxy) is 1. The third-order valence-corrected chi connectivity index (χ3v) is 2.43. The minimum atomic E-state index is -0.230. The first-order valence-corrected chi connectivity index (χ1v) is 5.80. The summed E-state index contributed by atoms with van der Waals surface area (Å²) in [4.78, 5) is 14.8. The summed E-state index contributed by atoms with van der Waals surface area (Å²) >= 11 is 1.42. The molecule has 1 N–H and O–H groups in total.